The number of benzene rings is 1. The molecule has 0 aromatic heterocycles. The van der Waals surface area contributed by atoms with Crippen LogP contribution >= 0.6 is 0 Å². The molecular formula is C9H11NO. The summed E-state index contributed by atoms with van der Waals surface area (Å²) in [6.07, 6.45) is 0. The molecule has 0 bridgehead atoms. The van der Waals surface area contributed by atoms with Gasteiger partial charge in [-0.2, -0.15) is 0 Å². The number of methoxy groups -OCH3 is 1. The summed E-state index contributed by atoms with van der Waals surface area (Å²) in [4.78, 5) is 2.29. The second kappa shape index (κ2) is 2.46. The van der Waals surface area contributed by atoms with Gasteiger partial charge in [0.25, 0.3) is 0 Å². The molecule has 2 nitrogen and oxygen atoms in total. The van der Waals surface area contributed by atoms with Crippen LogP contribution in [0.3, 0.4) is 0 Å². The molecule has 0 radical (unpaired) electrons. The molecule has 2 heteroatoms. The van der Waals surface area contributed by atoms with Crippen molar-refractivity contribution in [3.63, 3.8) is 0 Å². The van der Waals surface area contributed by atoms with E-state index in [4.69, 9.17) is 4.74 Å². The molecule has 1 aliphatic rings. The van der Waals surface area contributed by atoms with Crippen molar-refractivity contribution in [2.75, 3.05) is 25.1 Å². The van der Waals surface area contributed by atoms with Crippen LogP contribution in [-0.4, -0.2) is 20.2 Å². The Bertz CT molecular complexity index is 255. The van der Waals surface area contributed by atoms with E-state index in [0.29, 0.717) is 0 Å². The molecule has 0 unspecified atom stereocenters. The van der Waals surface area contributed by atoms with Crippen molar-refractivity contribution in [2.45, 2.75) is 0 Å². The van der Waals surface area contributed by atoms with E-state index in [1.165, 1.54) is 18.8 Å². The molecule has 58 valence electrons. The number of rotatable bonds is 2. The van der Waals surface area contributed by atoms with Crippen LogP contribution in [0.2, 0.25) is 0 Å². The van der Waals surface area contributed by atoms with Gasteiger partial charge in [0, 0.05) is 24.8 Å². The summed E-state index contributed by atoms with van der Waals surface area (Å²) in [6.45, 7) is 2.38. The second-order valence-corrected chi connectivity index (χ2v) is 2.69. The van der Waals surface area contributed by atoms with Gasteiger partial charge < -0.3 is 9.64 Å². The standard InChI is InChI=1S/C9H11NO/c1-11-9-4-2-3-8(7-9)10-5-6-10/h2-4,7H,5-6H2,1H3. The highest BCUT2D eigenvalue weighted by atomic mass is 16.5. The van der Waals surface area contributed by atoms with Gasteiger partial charge in [0.1, 0.15) is 5.75 Å². The third-order valence-electron chi connectivity index (χ3n) is 1.87. The number of ether oxygens (including phenoxy) is 1. The molecule has 1 aromatic carbocycles. The monoisotopic (exact) mass is 149 g/mol. The lowest BCUT2D eigenvalue weighted by Crippen LogP contribution is -1.90. The minimum Gasteiger partial charge on any atom is -0.497 e. The quantitative estimate of drug-likeness (QED) is 0.591. The van der Waals surface area contributed by atoms with Crippen LogP contribution in [0.25, 0.3) is 0 Å². The Morgan fingerprint density at radius 1 is 1.36 bits per heavy atom. The lowest BCUT2D eigenvalue weighted by atomic mass is 10.3. The van der Waals surface area contributed by atoms with Crippen molar-refractivity contribution in [2.24, 2.45) is 0 Å². The molecule has 1 fully saturated rings. The Morgan fingerprint density at radius 2 is 2.18 bits per heavy atom. The zero-order valence-electron chi connectivity index (χ0n) is 6.58. The maximum Gasteiger partial charge on any atom is 0.120 e. The van der Waals surface area contributed by atoms with Crippen LogP contribution in [0.15, 0.2) is 24.3 Å². The average Bonchev–Trinajstić information content (AvgIpc) is 2.87. The molecule has 11 heavy (non-hydrogen) atoms. The van der Waals surface area contributed by atoms with Gasteiger partial charge in [0.15, 0.2) is 0 Å². The molecule has 0 spiro atoms. The van der Waals surface area contributed by atoms with Crippen LogP contribution in [-0.2, 0) is 0 Å². The zero-order valence-corrected chi connectivity index (χ0v) is 6.58. The Hall–Kier alpha value is -1.18. The van der Waals surface area contributed by atoms with Crippen LogP contribution in [0.5, 0.6) is 5.75 Å². The zero-order chi connectivity index (χ0) is 7.68. The largest absolute Gasteiger partial charge is 0.497 e. The number of hydrogen-bond acceptors (Lipinski definition) is 2. The van der Waals surface area contributed by atoms with E-state index in [2.05, 4.69) is 17.0 Å². The van der Waals surface area contributed by atoms with Gasteiger partial charge >= 0.3 is 0 Å². The van der Waals surface area contributed by atoms with Crippen LogP contribution in [0, 0.1) is 0 Å². The first-order valence-electron chi connectivity index (χ1n) is 3.79. The highest BCUT2D eigenvalue weighted by molar-refractivity contribution is 5.54. The fourth-order valence-electron chi connectivity index (χ4n) is 1.12. The molecule has 1 aliphatic heterocycles. The fraction of sp³-hybridized carbons (Fsp3) is 0.333. The first kappa shape index (κ1) is 6.53. The molecule has 0 aliphatic carbocycles. The van der Waals surface area contributed by atoms with E-state index in [9.17, 15) is 0 Å². The Kier molecular flexibility index (Phi) is 1.46. The van der Waals surface area contributed by atoms with E-state index >= 15 is 0 Å². The summed E-state index contributed by atoms with van der Waals surface area (Å²) in [5, 5.41) is 0. The van der Waals surface area contributed by atoms with Gasteiger partial charge in [-0.05, 0) is 12.1 Å². The Labute approximate surface area is 66.4 Å². The Balaban J connectivity index is 2.26. The second-order valence-electron chi connectivity index (χ2n) is 2.69. The van der Waals surface area contributed by atoms with Gasteiger partial charge in [-0.3, -0.25) is 0 Å². The lowest BCUT2D eigenvalue weighted by Gasteiger charge is -2.04. The smallest absolute Gasteiger partial charge is 0.120 e. The predicted octanol–water partition coefficient (Wildman–Crippen LogP) is 1.52. The Morgan fingerprint density at radius 3 is 2.82 bits per heavy atom. The van der Waals surface area contributed by atoms with E-state index in [0.717, 1.165) is 5.75 Å². The summed E-state index contributed by atoms with van der Waals surface area (Å²) >= 11 is 0. The summed E-state index contributed by atoms with van der Waals surface area (Å²) in [6, 6.07) is 8.15. The van der Waals surface area contributed by atoms with Gasteiger partial charge in [0.2, 0.25) is 0 Å². The SMILES string of the molecule is COc1cccc(N2CC2)c1. The lowest BCUT2D eigenvalue weighted by molar-refractivity contribution is 0.415. The van der Waals surface area contributed by atoms with Crippen molar-refractivity contribution < 1.29 is 4.74 Å². The predicted molar refractivity (Wildman–Crippen MR) is 45.2 cm³/mol. The fourth-order valence-corrected chi connectivity index (χ4v) is 1.12. The number of nitrogens with zero attached hydrogens (tertiary/aromatic N) is 1. The summed E-state index contributed by atoms with van der Waals surface area (Å²) in [7, 11) is 1.70. The third kappa shape index (κ3) is 1.29. The molecular weight excluding hydrogens is 138 g/mol. The molecule has 1 saturated heterocycles. The first-order valence-corrected chi connectivity index (χ1v) is 3.79. The maximum absolute atomic E-state index is 5.11. The van der Waals surface area contributed by atoms with E-state index < -0.39 is 0 Å². The summed E-state index contributed by atoms with van der Waals surface area (Å²) < 4.78 is 5.11. The minimum absolute atomic E-state index is 0.939. The highest BCUT2D eigenvalue weighted by Gasteiger charge is 2.17. The van der Waals surface area contributed by atoms with Gasteiger partial charge in [0.05, 0.1) is 7.11 Å². The van der Waals surface area contributed by atoms with Gasteiger partial charge in [-0.1, -0.05) is 6.07 Å². The average molecular weight is 149 g/mol. The van der Waals surface area contributed by atoms with Crippen molar-refractivity contribution >= 4 is 5.69 Å². The van der Waals surface area contributed by atoms with Gasteiger partial charge in [-0.15, -0.1) is 0 Å². The van der Waals surface area contributed by atoms with E-state index in [1.807, 2.05) is 12.1 Å². The molecule has 2 rings (SSSR count). The van der Waals surface area contributed by atoms with E-state index in [1.54, 1.807) is 7.11 Å². The molecule has 0 amide bonds. The molecule has 0 atom stereocenters. The number of anilines is 1. The maximum atomic E-state index is 5.11. The highest BCUT2D eigenvalue weighted by Crippen LogP contribution is 2.24. The molecule has 1 heterocycles. The number of hydrogen-bond donors (Lipinski definition) is 0. The van der Waals surface area contributed by atoms with Crippen molar-refractivity contribution in [3.05, 3.63) is 24.3 Å². The minimum atomic E-state index is 0.939. The van der Waals surface area contributed by atoms with Gasteiger partial charge in [-0.25, -0.2) is 0 Å². The van der Waals surface area contributed by atoms with Crippen LogP contribution in [0.1, 0.15) is 0 Å². The van der Waals surface area contributed by atoms with Crippen LogP contribution in [0.4, 0.5) is 5.69 Å². The molecule has 1 aromatic rings. The molecule has 0 N–H and O–H groups in total. The van der Waals surface area contributed by atoms with Crippen molar-refractivity contribution in [1.29, 1.82) is 0 Å². The normalized spacial score (nSPS) is 14.8. The van der Waals surface area contributed by atoms with Crippen molar-refractivity contribution in [1.82, 2.24) is 0 Å². The van der Waals surface area contributed by atoms with E-state index in [-0.39, 0.29) is 0 Å². The molecule has 0 saturated carbocycles. The first-order chi connectivity index (χ1) is 5.40. The van der Waals surface area contributed by atoms with Crippen LogP contribution < -0.4 is 9.64 Å². The topological polar surface area (TPSA) is 12.2 Å². The van der Waals surface area contributed by atoms with Crippen molar-refractivity contribution in [3.8, 4) is 5.75 Å². The summed E-state index contributed by atoms with van der Waals surface area (Å²) in [5.74, 6) is 0.939. The third-order valence-corrected chi connectivity index (χ3v) is 1.87. The summed E-state index contributed by atoms with van der Waals surface area (Å²) in [5.41, 5.74) is 1.27.